The summed E-state index contributed by atoms with van der Waals surface area (Å²) < 4.78 is 94.6. The topological polar surface area (TPSA) is 102 Å². The lowest BCUT2D eigenvalue weighted by Crippen LogP contribution is -2.17. The van der Waals surface area contributed by atoms with Crippen molar-refractivity contribution >= 4 is 31.4 Å². The van der Waals surface area contributed by atoms with Gasteiger partial charge in [-0.25, -0.2) is 16.8 Å². The second-order valence-electron chi connectivity index (χ2n) is 6.12. The number of hydrogen-bond acceptors (Lipinski definition) is 5. The molecule has 3 rings (SSSR count). The maximum Gasteiger partial charge on any atom is 0.573 e. The predicted octanol–water partition coefficient (Wildman–Crippen LogP) is 4.19. The summed E-state index contributed by atoms with van der Waals surface area (Å²) in [6, 6.07) is 16.8. The van der Waals surface area contributed by atoms with E-state index in [1.54, 1.807) is 30.3 Å². The van der Waals surface area contributed by atoms with Crippen molar-refractivity contribution in [3.8, 4) is 5.75 Å². The number of rotatable bonds is 7. The van der Waals surface area contributed by atoms with Crippen molar-refractivity contribution in [3.63, 3.8) is 0 Å². The van der Waals surface area contributed by atoms with Gasteiger partial charge in [0, 0.05) is 11.4 Å². The molecule has 0 saturated heterocycles. The van der Waals surface area contributed by atoms with Gasteiger partial charge in [0.25, 0.3) is 20.0 Å². The minimum Gasteiger partial charge on any atom is -0.406 e. The van der Waals surface area contributed by atoms with Crippen LogP contribution in [0.4, 0.5) is 24.5 Å². The summed E-state index contributed by atoms with van der Waals surface area (Å²) in [6.07, 6.45) is -4.89. The first-order valence-electron chi connectivity index (χ1n) is 8.51. The average Bonchev–Trinajstić information content (AvgIpc) is 2.68. The van der Waals surface area contributed by atoms with Crippen molar-refractivity contribution in [2.24, 2.45) is 0 Å². The number of ether oxygens (including phenoxy) is 1. The number of para-hydroxylation sites is 1. The van der Waals surface area contributed by atoms with Crippen LogP contribution < -0.4 is 14.2 Å². The van der Waals surface area contributed by atoms with Crippen LogP contribution in [0.5, 0.6) is 5.75 Å². The van der Waals surface area contributed by atoms with Crippen LogP contribution in [0.25, 0.3) is 0 Å². The van der Waals surface area contributed by atoms with Crippen molar-refractivity contribution < 1.29 is 34.7 Å². The van der Waals surface area contributed by atoms with Crippen molar-refractivity contribution in [1.82, 2.24) is 0 Å². The molecule has 31 heavy (non-hydrogen) atoms. The molecule has 0 aromatic heterocycles. The van der Waals surface area contributed by atoms with Gasteiger partial charge in [-0.2, -0.15) is 0 Å². The van der Waals surface area contributed by atoms with E-state index in [-0.39, 0.29) is 15.5 Å². The number of halogens is 3. The Morgan fingerprint density at radius 2 is 1.03 bits per heavy atom. The molecule has 0 aliphatic heterocycles. The molecular weight excluding hydrogens is 457 g/mol. The Balaban J connectivity index is 1.72. The van der Waals surface area contributed by atoms with Crippen molar-refractivity contribution in [2.45, 2.75) is 16.2 Å². The molecule has 0 atom stereocenters. The summed E-state index contributed by atoms with van der Waals surface area (Å²) >= 11 is 0. The van der Waals surface area contributed by atoms with Gasteiger partial charge in [0.15, 0.2) is 0 Å². The third-order valence-electron chi connectivity index (χ3n) is 3.81. The molecule has 0 aliphatic rings. The Kier molecular flexibility index (Phi) is 6.13. The predicted molar refractivity (Wildman–Crippen MR) is 108 cm³/mol. The Bertz CT molecular complexity index is 1240. The molecule has 2 N–H and O–H groups in total. The lowest BCUT2D eigenvalue weighted by Gasteiger charge is -2.11. The van der Waals surface area contributed by atoms with E-state index < -0.39 is 32.2 Å². The minimum absolute atomic E-state index is 0.0641. The highest BCUT2D eigenvalue weighted by Crippen LogP contribution is 2.25. The zero-order valence-corrected chi connectivity index (χ0v) is 17.1. The Morgan fingerprint density at radius 1 is 0.613 bits per heavy atom. The van der Waals surface area contributed by atoms with Gasteiger partial charge >= 0.3 is 6.36 Å². The molecule has 0 amide bonds. The fourth-order valence-corrected chi connectivity index (χ4v) is 4.57. The Morgan fingerprint density at radius 3 is 1.48 bits per heavy atom. The van der Waals surface area contributed by atoms with Gasteiger partial charge in [-0.15, -0.1) is 13.2 Å². The summed E-state index contributed by atoms with van der Waals surface area (Å²) in [4.78, 5) is -0.391. The maximum absolute atomic E-state index is 12.4. The van der Waals surface area contributed by atoms with Gasteiger partial charge in [-0.3, -0.25) is 9.44 Å². The third-order valence-corrected chi connectivity index (χ3v) is 6.60. The fourth-order valence-electron chi connectivity index (χ4n) is 2.46. The number of sulfonamides is 2. The summed E-state index contributed by atoms with van der Waals surface area (Å²) in [6.45, 7) is 0. The first-order valence-corrected chi connectivity index (χ1v) is 11.5. The van der Waals surface area contributed by atoms with Gasteiger partial charge in [0.1, 0.15) is 5.75 Å². The molecule has 7 nitrogen and oxygen atoms in total. The number of benzene rings is 3. The zero-order chi connectivity index (χ0) is 22.7. The van der Waals surface area contributed by atoms with E-state index in [4.69, 9.17) is 0 Å². The molecule has 3 aromatic carbocycles. The molecule has 0 aliphatic carbocycles. The zero-order valence-electron chi connectivity index (χ0n) is 15.5. The van der Waals surface area contributed by atoms with Crippen LogP contribution >= 0.6 is 0 Å². The van der Waals surface area contributed by atoms with Crippen LogP contribution in [0.2, 0.25) is 0 Å². The van der Waals surface area contributed by atoms with E-state index in [2.05, 4.69) is 14.2 Å². The van der Waals surface area contributed by atoms with Crippen LogP contribution in [0.1, 0.15) is 0 Å². The Hall–Kier alpha value is -3.25. The second kappa shape index (κ2) is 8.47. The van der Waals surface area contributed by atoms with Gasteiger partial charge in [0.05, 0.1) is 9.79 Å². The normalized spacial score (nSPS) is 12.2. The van der Waals surface area contributed by atoms with Crippen LogP contribution in [0.3, 0.4) is 0 Å². The molecule has 0 saturated carbocycles. The molecule has 12 heteroatoms. The van der Waals surface area contributed by atoms with Gasteiger partial charge < -0.3 is 4.74 Å². The minimum atomic E-state index is -4.89. The smallest absolute Gasteiger partial charge is 0.406 e. The molecule has 0 unspecified atom stereocenters. The highest BCUT2D eigenvalue weighted by atomic mass is 32.2. The molecule has 0 spiro atoms. The number of anilines is 2. The van der Waals surface area contributed by atoms with E-state index in [1.165, 1.54) is 24.3 Å². The van der Waals surface area contributed by atoms with Crippen molar-refractivity contribution in [2.75, 3.05) is 9.44 Å². The lowest BCUT2D eigenvalue weighted by atomic mass is 10.3. The van der Waals surface area contributed by atoms with E-state index in [9.17, 15) is 30.0 Å². The van der Waals surface area contributed by atoms with E-state index in [0.717, 1.165) is 24.3 Å². The fraction of sp³-hybridized carbons (Fsp3) is 0.0526. The summed E-state index contributed by atoms with van der Waals surface area (Å²) in [5.41, 5.74) is 0.430. The number of alkyl halides is 3. The van der Waals surface area contributed by atoms with Crippen LogP contribution in [0.15, 0.2) is 88.7 Å². The Labute approximate surface area is 176 Å². The average molecular weight is 472 g/mol. The monoisotopic (exact) mass is 472 g/mol. The molecule has 0 heterocycles. The summed E-state index contributed by atoms with van der Waals surface area (Å²) in [7, 11) is -8.00. The van der Waals surface area contributed by atoms with Crippen LogP contribution in [-0.4, -0.2) is 23.2 Å². The van der Waals surface area contributed by atoms with E-state index in [0.29, 0.717) is 5.69 Å². The maximum atomic E-state index is 12.4. The number of nitrogens with one attached hydrogen (secondary N) is 2. The first kappa shape index (κ1) is 22.4. The standard InChI is InChI=1S/C19H15F3N2O5S2/c20-19(21,22)29-16-8-12-18(13-9-16)31(27,28)24-15-6-10-17(11-7-15)30(25,26)23-14-4-2-1-3-5-14/h1-13,23-24H. The molecule has 3 aromatic rings. The van der Waals surface area contributed by atoms with Crippen LogP contribution in [0, 0.1) is 0 Å². The van der Waals surface area contributed by atoms with Crippen LogP contribution in [-0.2, 0) is 20.0 Å². The van der Waals surface area contributed by atoms with E-state index >= 15 is 0 Å². The van der Waals surface area contributed by atoms with Gasteiger partial charge in [-0.05, 0) is 60.7 Å². The third kappa shape index (κ3) is 6.12. The van der Waals surface area contributed by atoms with Gasteiger partial charge in [0.2, 0.25) is 0 Å². The molecule has 0 fully saturated rings. The second-order valence-corrected chi connectivity index (χ2v) is 9.49. The quantitative estimate of drug-likeness (QED) is 0.537. The highest BCUT2D eigenvalue weighted by Gasteiger charge is 2.31. The van der Waals surface area contributed by atoms with Crippen molar-refractivity contribution in [3.05, 3.63) is 78.9 Å². The largest absolute Gasteiger partial charge is 0.573 e. The molecule has 164 valence electrons. The molecular formula is C19H15F3N2O5S2. The summed E-state index contributed by atoms with van der Waals surface area (Å²) in [5, 5.41) is 0. The lowest BCUT2D eigenvalue weighted by molar-refractivity contribution is -0.274. The first-order chi connectivity index (χ1) is 14.4. The summed E-state index contributed by atoms with van der Waals surface area (Å²) in [5.74, 6) is -0.563. The highest BCUT2D eigenvalue weighted by molar-refractivity contribution is 7.93. The number of hydrogen-bond donors (Lipinski definition) is 2. The molecule has 0 radical (unpaired) electrons. The van der Waals surface area contributed by atoms with E-state index in [1.807, 2.05) is 0 Å². The van der Waals surface area contributed by atoms with Gasteiger partial charge in [-0.1, -0.05) is 18.2 Å². The van der Waals surface area contributed by atoms with Crippen molar-refractivity contribution in [1.29, 1.82) is 0 Å². The SMILES string of the molecule is O=S(=O)(Nc1ccccc1)c1ccc(NS(=O)(=O)c2ccc(OC(F)(F)F)cc2)cc1. The molecule has 0 bridgehead atoms.